The van der Waals surface area contributed by atoms with E-state index in [2.05, 4.69) is 14.9 Å². The standard InChI is InChI=1S/C26H31F3N6O2/c27-26(28,29)22-3-1-2-18(10-22)12-31-13-20-15-34(16-21(20)14-31)25(37)35-17-19(11-30-35)24(36)33-8-6-32(7-9-33)23-4-5-23/h1-3,10-11,17,20-21,23H,4-9,12-16H2. The van der Waals surface area contributed by atoms with Gasteiger partial charge in [-0.05, 0) is 36.3 Å². The Balaban J connectivity index is 1.01. The zero-order valence-corrected chi connectivity index (χ0v) is 20.6. The molecule has 2 atom stereocenters. The normalized spacial score (nSPS) is 25.1. The Morgan fingerprint density at radius 1 is 0.946 bits per heavy atom. The minimum absolute atomic E-state index is 0.0852. The molecule has 1 saturated carbocycles. The number of fused-ring (bicyclic) bond motifs is 1. The second kappa shape index (κ2) is 9.43. The highest BCUT2D eigenvalue weighted by atomic mass is 19.4. The molecule has 37 heavy (non-hydrogen) atoms. The van der Waals surface area contributed by atoms with Gasteiger partial charge in [-0.2, -0.15) is 23.0 Å². The lowest BCUT2D eigenvalue weighted by Crippen LogP contribution is -2.49. The van der Waals surface area contributed by atoms with E-state index in [1.807, 2.05) is 4.90 Å². The highest BCUT2D eigenvalue weighted by molar-refractivity contribution is 5.94. The fraction of sp³-hybridized carbons (Fsp3) is 0.577. The number of hydrogen-bond donors (Lipinski definition) is 0. The van der Waals surface area contributed by atoms with Crippen molar-refractivity contribution in [2.75, 3.05) is 52.4 Å². The first kappa shape index (κ1) is 24.4. The third-order valence-electron chi connectivity index (χ3n) is 8.18. The highest BCUT2D eigenvalue weighted by Gasteiger charge is 2.42. The number of aromatic nitrogens is 2. The third-order valence-corrected chi connectivity index (χ3v) is 8.18. The molecule has 2 unspecified atom stereocenters. The van der Waals surface area contributed by atoms with Crippen LogP contribution in [0.3, 0.4) is 0 Å². The minimum Gasteiger partial charge on any atom is -0.336 e. The van der Waals surface area contributed by atoms with Crippen molar-refractivity contribution >= 4 is 11.9 Å². The fourth-order valence-electron chi connectivity index (χ4n) is 6.07. The molecule has 0 spiro atoms. The van der Waals surface area contributed by atoms with Gasteiger partial charge in [0.25, 0.3) is 5.91 Å². The third kappa shape index (κ3) is 5.11. The molecule has 4 aliphatic rings. The second-order valence-corrected chi connectivity index (χ2v) is 10.8. The maximum Gasteiger partial charge on any atom is 0.416 e. The van der Waals surface area contributed by atoms with Gasteiger partial charge >= 0.3 is 12.2 Å². The van der Waals surface area contributed by atoms with Gasteiger partial charge in [0.1, 0.15) is 0 Å². The molecule has 0 radical (unpaired) electrons. The number of carbonyl (C=O) groups is 2. The van der Waals surface area contributed by atoms with Gasteiger partial charge in [-0.1, -0.05) is 18.2 Å². The lowest BCUT2D eigenvalue weighted by atomic mass is 10.0. The molecule has 0 N–H and O–H groups in total. The molecule has 1 aromatic carbocycles. The number of hydrogen-bond acceptors (Lipinski definition) is 5. The first-order valence-corrected chi connectivity index (χ1v) is 13.0. The smallest absolute Gasteiger partial charge is 0.336 e. The molecule has 1 aliphatic carbocycles. The summed E-state index contributed by atoms with van der Waals surface area (Å²) in [6.45, 7) is 6.27. The quantitative estimate of drug-likeness (QED) is 0.626. The number of benzene rings is 1. The summed E-state index contributed by atoms with van der Waals surface area (Å²) in [6.07, 6.45) is 1.18. The highest BCUT2D eigenvalue weighted by Crippen LogP contribution is 2.34. The Kier molecular flexibility index (Phi) is 6.22. The fourth-order valence-corrected chi connectivity index (χ4v) is 6.07. The van der Waals surface area contributed by atoms with E-state index < -0.39 is 11.7 Å². The van der Waals surface area contributed by atoms with Crippen LogP contribution in [-0.4, -0.2) is 99.7 Å². The molecule has 8 nitrogen and oxygen atoms in total. The first-order chi connectivity index (χ1) is 17.7. The molecule has 2 amide bonds. The van der Waals surface area contributed by atoms with Gasteiger partial charge < -0.3 is 9.80 Å². The summed E-state index contributed by atoms with van der Waals surface area (Å²) < 4.78 is 40.3. The van der Waals surface area contributed by atoms with Gasteiger partial charge in [-0.3, -0.25) is 14.6 Å². The Hall–Kier alpha value is -2.92. The zero-order valence-electron chi connectivity index (χ0n) is 20.6. The van der Waals surface area contributed by atoms with Gasteiger partial charge in [0.2, 0.25) is 0 Å². The SMILES string of the molecule is O=C(c1cnn(C(=O)N2CC3CN(Cc4cccc(C(F)(F)F)c4)CC3C2)c1)N1CCN(C2CC2)CC1. The molecule has 1 aromatic heterocycles. The molecule has 0 bridgehead atoms. The molecule has 4 heterocycles. The van der Waals surface area contributed by atoms with Gasteiger partial charge in [-0.25, -0.2) is 4.79 Å². The monoisotopic (exact) mass is 516 g/mol. The van der Waals surface area contributed by atoms with Crippen LogP contribution in [0.15, 0.2) is 36.7 Å². The average Bonchev–Trinajstić information content (AvgIpc) is 3.29. The largest absolute Gasteiger partial charge is 0.416 e. The van der Waals surface area contributed by atoms with E-state index in [0.717, 1.165) is 32.2 Å². The summed E-state index contributed by atoms with van der Waals surface area (Å²) in [5.74, 6) is 0.460. The predicted octanol–water partition coefficient (Wildman–Crippen LogP) is 2.85. The minimum atomic E-state index is -4.35. The molecule has 3 aliphatic heterocycles. The number of likely N-dealkylation sites (tertiary alicyclic amines) is 2. The van der Waals surface area contributed by atoms with Crippen molar-refractivity contribution in [2.24, 2.45) is 11.8 Å². The van der Waals surface area contributed by atoms with Crippen LogP contribution in [0.1, 0.15) is 34.3 Å². The van der Waals surface area contributed by atoms with Crippen LogP contribution >= 0.6 is 0 Å². The number of halogens is 3. The van der Waals surface area contributed by atoms with E-state index >= 15 is 0 Å². The van der Waals surface area contributed by atoms with E-state index in [1.54, 1.807) is 11.0 Å². The number of carbonyl (C=O) groups excluding carboxylic acids is 2. The second-order valence-electron chi connectivity index (χ2n) is 10.8. The van der Waals surface area contributed by atoms with Gasteiger partial charge in [0.05, 0.1) is 17.3 Å². The molecular formula is C26H31F3N6O2. The number of piperazine rings is 1. The number of nitrogens with zero attached hydrogens (tertiary/aromatic N) is 6. The van der Waals surface area contributed by atoms with Crippen LogP contribution in [0.25, 0.3) is 0 Å². The van der Waals surface area contributed by atoms with E-state index in [9.17, 15) is 22.8 Å². The summed E-state index contributed by atoms with van der Waals surface area (Å²) in [6, 6.07) is 5.94. The summed E-state index contributed by atoms with van der Waals surface area (Å²) in [7, 11) is 0. The van der Waals surface area contributed by atoms with E-state index in [4.69, 9.17) is 0 Å². The summed E-state index contributed by atoms with van der Waals surface area (Å²) in [4.78, 5) is 34.2. The Bertz CT molecular complexity index is 1160. The van der Waals surface area contributed by atoms with Crippen molar-refractivity contribution in [3.63, 3.8) is 0 Å². The lowest BCUT2D eigenvalue weighted by molar-refractivity contribution is -0.137. The lowest BCUT2D eigenvalue weighted by Gasteiger charge is -2.34. The van der Waals surface area contributed by atoms with Crippen molar-refractivity contribution < 1.29 is 22.8 Å². The predicted molar refractivity (Wildman–Crippen MR) is 129 cm³/mol. The summed E-state index contributed by atoms with van der Waals surface area (Å²) >= 11 is 0. The van der Waals surface area contributed by atoms with Crippen LogP contribution in [0.5, 0.6) is 0 Å². The average molecular weight is 517 g/mol. The van der Waals surface area contributed by atoms with Crippen molar-refractivity contribution in [1.29, 1.82) is 0 Å². The number of amides is 2. The molecule has 3 saturated heterocycles. The van der Waals surface area contributed by atoms with Crippen LogP contribution in [0.2, 0.25) is 0 Å². The van der Waals surface area contributed by atoms with Crippen LogP contribution in [0, 0.1) is 11.8 Å². The Morgan fingerprint density at radius 3 is 2.30 bits per heavy atom. The van der Waals surface area contributed by atoms with Gasteiger partial charge in [-0.15, -0.1) is 0 Å². The topological polar surface area (TPSA) is 64.9 Å². The van der Waals surface area contributed by atoms with Crippen molar-refractivity contribution in [3.05, 3.63) is 53.3 Å². The first-order valence-electron chi connectivity index (χ1n) is 13.0. The van der Waals surface area contributed by atoms with Crippen molar-refractivity contribution in [1.82, 2.24) is 29.4 Å². The maximum atomic E-state index is 13.1. The van der Waals surface area contributed by atoms with Gasteiger partial charge in [0, 0.05) is 71.1 Å². The molecule has 11 heteroatoms. The molecular weight excluding hydrogens is 485 g/mol. The van der Waals surface area contributed by atoms with Crippen LogP contribution in [0.4, 0.5) is 18.0 Å². The Morgan fingerprint density at radius 2 is 1.65 bits per heavy atom. The number of alkyl halides is 3. The Labute approximate surface area is 213 Å². The molecule has 198 valence electrons. The summed E-state index contributed by atoms with van der Waals surface area (Å²) in [5.41, 5.74) is 0.448. The molecule has 4 fully saturated rings. The van der Waals surface area contributed by atoms with Crippen LogP contribution in [-0.2, 0) is 12.7 Å². The molecule has 2 aromatic rings. The molecule has 6 rings (SSSR count). The number of rotatable bonds is 4. The van der Waals surface area contributed by atoms with Crippen molar-refractivity contribution in [3.8, 4) is 0 Å². The van der Waals surface area contributed by atoms with E-state index in [1.165, 1.54) is 42.0 Å². The maximum absolute atomic E-state index is 13.1. The van der Waals surface area contributed by atoms with Gasteiger partial charge in [0.15, 0.2) is 0 Å². The zero-order chi connectivity index (χ0) is 25.7. The van der Waals surface area contributed by atoms with Crippen molar-refractivity contribution in [2.45, 2.75) is 31.6 Å². The van der Waals surface area contributed by atoms with E-state index in [0.29, 0.717) is 49.9 Å². The summed E-state index contributed by atoms with van der Waals surface area (Å²) in [5, 5.41) is 4.19. The van der Waals surface area contributed by atoms with Crippen LogP contribution < -0.4 is 0 Å². The van der Waals surface area contributed by atoms with E-state index in [-0.39, 0.29) is 23.8 Å².